The number of aliphatic hydroxyl groups is 3. The fourth-order valence-electron chi connectivity index (χ4n) is 1.96. The molecule has 0 aliphatic heterocycles. The molecule has 0 radical (unpaired) electrons. The predicted octanol–water partition coefficient (Wildman–Crippen LogP) is 0.460. The molecule has 4 heteroatoms. The molecule has 0 aliphatic rings. The average molecular weight is 233 g/mol. The number of rotatable bonds is 9. The lowest BCUT2D eigenvalue weighted by molar-refractivity contribution is 0.0144. The minimum atomic E-state index is -0.488. The van der Waals surface area contributed by atoms with Gasteiger partial charge in [0.2, 0.25) is 0 Å². The van der Waals surface area contributed by atoms with Crippen LogP contribution < -0.4 is 0 Å². The summed E-state index contributed by atoms with van der Waals surface area (Å²) in [4.78, 5) is 2.16. The first-order valence-corrected chi connectivity index (χ1v) is 6.13. The van der Waals surface area contributed by atoms with E-state index in [-0.39, 0.29) is 19.8 Å². The van der Waals surface area contributed by atoms with Crippen LogP contribution in [0.5, 0.6) is 0 Å². The Morgan fingerprint density at radius 3 is 1.88 bits per heavy atom. The second kappa shape index (κ2) is 8.01. The lowest BCUT2D eigenvalue weighted by atomic mass is 9.91. The third kappa shape index (κ3) is 4.78. The lowest BCUT2D eigenvalue weighted by Crippen LogP contribution is -2.46. The number of hydrogen-bond acceptors (Lipinski definition) is 4. The molecule has 0 aromatic heterocycles. The number of hydrogen-bond donors (Lipinski definition) is 3. The van der Waals surface area contributed by atoms with Crippen molar-refractivity contribution in [3.63, 3.8) is 0 Å². The largest absolute Gasteiger partial charge is 0.396 e. The van der Waals surface area contributed by atoms with Crippen molar-refractivity contribution in [3.05, 3.63) is 0 Å². The van der Waals surface area contributed by atoms with E-state index in [0.29, 0.717) is 19.1 Å². The van der Waals surface area contributed by atoms with E-state index in [0.717, 1.165) is 12.8 Å². The van der Waals surface area contributed by atoms with Gasteiger partial charge in [-0.1, -0.05) is 20.8 Å². The Hall–Kier alpha value is -0.160. The van der Waals surface area contributed by atoms with Crippen molar-refractivity contribution in [2.24, 2.45) is 5.41 Å². The van der Waals surface area contributed by atoms with Gasteiger partial charge >= 0.3 is 0 Å². The molecule has 16 heavy (non-hydrogen) atoms. The van der Waals surface area contributed by atoms with E-state index in [1.165, 1.54) is 0 Å². The summed E-state index contributed by atoms with van der Waals surface area (Å²) in [5.41, 5.74) is -0.488. The van der Waals surface area contributed by atoms with Crippen LogP contribution in [-0.4, -0.2) is 59.2 Å². The third-order valence-corrected chi connectivity index (χ3v) is 3.19. The molecule has 0 unspecified atom stereocenters. The Kier molecular flexibility index (Phi) is 7.93. The quantitative estimate of drug-likeness (QED) is 0.541. The molecule has 0 bridgehead atoms. The highest BCUT2D eigenvalue weighted by Crippen LogP contribution is 2.19. The van der Waals surface area contributed by atoms with Crippen LogP contribution in [0.4, 0.5) is 0 Å². The van der Waals surface area contributed by atoms with E-state index in [4.69, 9.17) is 5.11 Å². The zero-order valence-electron chi connectivity index (χ0n) is 10.8. The van der Waals surface area contributed by atoms with Crippen molar-refractivity contribution in [1.29, 1.82) is 0 Å². The first-order valence-electron chi connectivity index (χ1n) is 6.13. The Balaban J connectivity index is 4.52. The van der Waals surface area contributed by atoms with Crippen molar-refractivity contribution in [2.45, 2.75) is 39.7 Å². The van der Waals surface area contributed by atoms with Gasteiger partial charge < -0.3 is 15.3 Å². The summed E-state index contributed by atoms with van der Waals surface area (Å²) in [6.07, 6.45) is 2.03. The number of aliphatic hydroxyl groups excluding tert-OH is 3. The zero-order valence-corrected chi connectivity index (χ0v) is 10.8. The highest BCUT2D eigenvalue weighted by atomic mass is 16.3. The van der Waals surface area contributed by atoms with Gasteiger partial charge in [0.25, 0.3) is 0 Å². The van der Waals surface area contributed by atoms with Gasteiger partial charge in [0.05, 0.1) is 19.8 Å². The fourth-order valence-corrected chi connectivity index (χ4v) is 1.96. The molecule has 0 spiro atoms. The van der Waals surface area contributed by atoms with Crippen molar-refractivity contribution in [2.75, 3.05) is 32.9 Å². The molecule has 3 N–H and O–H groups in total. The molecule has 0 aromatic rings. The van der Waals surface area contributed by atoms with E-state index in [2.05, 4.69) is 18.7 Å². The summed E-state index contributed by atoms with van der Waals surface area (Å²) in [5.74, 6) is 0. The molecular weight excluding hydrogens is 206 g/mol. The van der Waals surface area contributed by atoms with Crippen molar-refractivity contribution in [3.8, 4) is 0 Å². The molecule has 0 saturated heterocycles. The van der Waals surface area contributed by atoms with Crippen molar-refractivity contribution >= 4 is 0 Å². The molecule has 0 saturated carbocycles. The van der Waals surface area contributed by atoms with Gasteiger partial charge in [0, 0.05) is 24.5 Å². The van der Waals surface area contributed by atoms with Crippen LogP contribution in [0.25, 0.3) is 0 Å². The van der Waals surface area contributed by atoms with Crippen LogP contribution >= 0.6 is 0 Å². The average Bonchev–Trinajstić information content (AvgIpc) is 2.30. The fraction of sp³-hybridized carbons (Fsp3) is 1.00. The molecular formula is C12H27NO3. The monoisotopic (exact) mass is 233 g/mol. The first kappa shape index (κ1) is 15.8. The predicted molar refractivity (Wildman–Crippen MR) is 65.3 cm³/mol. The van der Waals surface area contributed by atoms with Gasteiger partial charge in [-0.2, -0.15) is 0 Å². The highest BCUT2D eigenvalue weighted by Gasteiger charge is 2.28. The maximum absolute atomic E-state index is 9.28. The summed E-state index contributed by atoms with van der Waals surface area (Å²) >= 11 is 0. The van der Waals surface area contributed by atoms with Crippen molar-refractivity contribution < 1.29 is 15.3 Å². The van der Waals surface area contributed by atoms with Gasteiger partial charge in [-0.25, -0.2) is 0 Å². The highest BCUT2D eigenvalue weighted by molar-refractivity contribution is 4.80. The topological polar surface area (TPSA) is 63.9 Å². The summed E-state index contributed by atoms with van der Waals surface area (Å²) < 4.78 is 0. The summed E-state index contributed by atoms with van der Waals surface area (Å²) in [6.45, 7) is 7.36. The van der Waals surface area contributed by atoms with Crippen LogP contribution in [0.3, 0.4) is 0 Å². The molecule has 0 heterocycles. The molecule has 0 rings (SSSR count). The maximum Gasteiger partial charge on any atom is 0.0558 e. The lowest BCUT2D eigenvalue weighted by Gasteiger charge is -2.37. The van der Waals surface area contributed by atoms with Gasteiger partial charge in [0.1, 0.15) is 0 Å². The molecule has 98 valence electrons. The summed E-state index contributed by atoms with van der Waals surface area (Å²) in [5, 5.41) is 27.6. The summed E-state index contributed by atoms with van der Waals surface area (Å²) in [6, 6.07) is 0.407. The smallest absolute Gasteiger partial charge is 0.0558 e. The number of nitrogens with zero attached hydrogens (tertiary/aromatic N) is 1. The zero-order chi connectivity index (χ0) is 12.6. The van der Waals surface area contributed by atoms with Crippen LogP contribution in [-0.2, 0) is 0 Å². The normalized spacial score (nSPS) is 12.8. The molecule has 0 aliphatic carbocycles. The van der Waals surface area contributed by atoms with Crippen LogP contribution in [0.2, 0.25) is 0 Å². The van der Waals surface area contributed by atoms with Crippen LogP contribution in [0, 0.1) is 5.41 Å². The Morgan fingerprint density at radius 2 is 1.56 bits per heavy atom. The first-order chi connectivity index (χ1) is 7.56. The summed E-state index contributed by atoms with van der Waals surface area (Å²) in [7, 11) is 0. The molecule has 0 aromatic carbocycles. The van der Waals surface area contributed by atoms with E-state index < -0.39 is 5.41 Å². The third-order valence-electron chi connectivity index (χ3n) is 3.19. The van der Waals surface area contributed by atoms with Gasteiger partial charge in [-0.05, 0) is 12.8 Å². The van der Waals surface area contributed by atoms with E-state index in [1.807, 2.05) is 6.92 Å². The molecule has 4 nitrogen and oxygen atoms in total. The Bertz CT molecular complexity index is 168. The van der Waals surface area contributed by atoms with Gasteiger partial charge in [-0.3, -0.25) is 4.90 Å². The Labute approximate surface area is 98.9 Å². The Morgan fingerprint density at radius 1 is 1.06 bits per heavy atom. The van der Waals surface area contributed by atoms with Gasteiger partial charge in [0.15, 0.2) is 0 Å². The molecule has 0 amide bonds. The van der Waals surface area contributed by atoms with Crippen molar-refractivity contribution in [1.82, 2.24) is 4.90 Å². The van der Waals surface area contributed by atoms with E-state index in [1.54, 1.807) is 0 Å². The molecule has 0 fully saturated rings. The van der Waals surface area contributed by atoms with E-state index in [9.17, 15) is 10.2 Å². The van der Waals surface area contributed by atoms with E-state index >= 15 is 0 Å². The standard InChI is InChI=1S/C12H27NO3/c1-4-11(5-2)13(6-7-14)8-12(3,9-15)10-16/h11,14-16H,4-10H2,1-3H3. The second-order valence-electron chi connectivity index (χ2n) is 4.79. The SMILES string of the molecule is CCC(CC)N(CCO)CC(C)(CO)CO. The second-order valence-corrected chi connectivity index (χ2v) is 4.79. The van der Waals surface area contributed by atoms with Crippen LogP contribution in [0.1, 0.15) is 33.6 Å². The molecule has 0 atom stereocenters. The van der Waals surface area contributed by atoms with Crippen LogP contribution in [0.15, 0.2) is 0 Å². The maximum atomic E-state index is 9.28. The minimum absolute atomic E-state index is 0.0361. The minimum Gasteiger partial charge on any atom is -0.396 e. The van der Waals surface area contributed by atoms with Gasteiger partial charge in [-0.15, -0.1) is 0 Å².